The number of halogens is 2. The van der Waals surface area contributed by atoms with Gasteiger partial charge in [0.05, 0.1) is 17.4 Å². The topological polar surface area (TPSA) is 56.7 Å². The standard InChI is InChI=1S/C7H10F2N4/c1-13-5(2-11-12-13)6(10)3-7(8,9)4-6/h2H,3-4,10H2,1H3. The maximum atomic E-state index is 12.6. The van der Waals surface area contributed by atoms with E-state index in [1.54, 1.807) is 7.05 Å². The van der Waals surface area contributed by atoms with Gasteiger partial charge in [0.1, 0.15) is 0 Å². The average molecular weight is 188 g/mol. The molecule has 6 heteroatoms. The lowest BCUT2D eigenvalue weighted by Crippen LogP contribution is -2.56. The molecule has 1 fully saturated rings. The van der Waals surface area contributed by atoms with Crippen molar-refractivity contribution in [2.24, 2.45) is 12.8 Å². The fraction of sp³-hybridized carbons (Fsp3) is 0.714. The van der Waals surface area contributed by atoms with Crippen LogP contribution in [0.4, 0.5) is 8.78 Å². The SMILES string of the molecule is Cn1nncc1C1(N)CC(F)(F)C1. The number of hydrogen-bond acceptors (Lipinski definition) is 3. The quantitative estimate of drug-likeness (QED) is 0.694. The molecule has 1 heterocycles. The summed E-state index contributed by atoms with van der Waals surface area (Å²) in [6.45, 7) is 0. The van der Waals surface area contributed by atoms with Gasteiger partial charge in [-0.05, 0) is 0 Å². The first-order chi connectivity index (χ1) is 5.93. The number of rotatable bonds is 1. The van der Waals surface area contributed by atoms with E-state index in [2.05, 4.69) is 10.3 Å². The minimum atomic E-state index is -2.63. The molecule has 1 aromatic rings. The minimum absolute atomic E-state index is 0.318. The Morgan fingerprint density at radius 1 is 1.54 bits per heavy atom. The number of nitrogens with two attached hydrogens (primary N) is 1. The number of alkyl halides is 2. The molecule has 0 unspecified atom stereocenters. The number of hydrogen-bond donors (Lipinski definition) is 1. The first kappa shape index (κ1) is 8.55. The third-order valence-corrected chi connectivity index (χ3v) is 2.37. The van der Waals surface area contributed by atoms with Crippen LogP contribution in [0.3, 0.4) is 0 Å². The molecule has 0 spiro atoms. The van der Waals surface area contributed by atoms with Gasteiger partial charge in [-0.1, -0.05) is 5.21 Å². The van der Waals surface area contributed by atoms with Gasteiger partial charge in [0.2, 0.25) is 0 Å². The van der Waals surface area contributed by atoms with Gasteiger partial charge in [-0.3, -0.25) is 4.68 Å². The molecule has 1 saturated carbocycles. The number of aromatic nitrogens is 3. The zero-order valence-electron chi connectivity index (χ0n) is 7.17. The lowest BCUT2D eigenvalue weighted by Gasteiger charge is -2.43. The number of aryl methyl sites for hydroxylation is 1. The first-order valence-corrected chi connectivity index (χ1v) is 3.95. The molecule has 0 radical (unpaired) electrons. The Bertz CT molecular complexity index is 325. The van der Waals surface area contributed by atoms with Crippen molar-refractivity contribution in [1.29, 1.82) is 0 Å². The van der Waals surface area contributed by atoms with E-state index in [9.17, 15) is 8.78 Å². The van der Waals surface area contributed by atoms with E-state index >= 15 is 0 Å². The molecule has 1 aliphatic rings. The molecule has 0 saturated heterocycles. The van der Waals surface area contributed by atoms with Crippen LogP contribution in [0.5, 0.6) is 0 Å². The van der Waals surface area contributed by atoms with Crippen molar-refractivity contribution in [3.05, 3.63) is 11.9 Å². The molecule has 72 valence electrons. The third-order valence-electron chi connectivity index (χ3n) is 2.37. The highest BCUT2D eigenvalue weighted by Gasteiger charge is 2.56. The Balaban J connectivity index is 2.25. The van der Waals surface area contributed by atoms with Crippen LogP contribution in [0.1, 0.15) is 18.5 Å². The predicted molar refractivity (Wildman–Crippen MR) is 41.0 cm³/mol. The number of nitrogens with zero attached hydrogens (tertiary/aromatic N) is 3. The second-order valence-corrected chi connectivity index (χ2v) is 3.61. The maximum absolute atomic E-state index is 12.6. The lowest BCUT2D eigenvalue weighted by atomic mass is 9.72. The Labute approximate surface area is 73.7 Å². The van der Waals surface area contributed by atoms with Gasteiger partial charge < -0.3 is 5.73 Å². The monoisotopic (exact) mass is 188 g/mol. The van der Waals surface area contributed by atoms with Gasteiger partial charge in [-0.25, -0.2) is 8.78 Å². The highest BCUT2D eigenvalue weighted by atomic mass is 19.3. The van der Waals surface area contributed by atoms with Crippen LogP contribution < -0.4 is 5.73 Å². The molecular weight excluding hydrogens is 178 g/mol. The summed E-state index contributed by atoms with van der Waals surface area (Å²) in [5.41, 5.74) is 5.39. The van der Waals surface area contributed by atoms with Crippen molar-refractivity contribution in [1.82, 2.24) is 15.0 Å². The van der Waals surface area contributed by atoms with Gasteiger partial charge in [0, 0.05) is 19.9 Å². The van der Waals surface area contributed by atoms with Crippen LogP contribution >= 0.6 is 0 Å². The van der Waals surface area contributed by atoms with Crippen LogP contribution in [0.2, 0.25) is 0 Å². The molecule has 2 rings (SSSR count). The molecule has 0 bridgehead atoms. The minimum Gasteiger partial charge on any atom is -0.320 e. The Morgan fingerprint density at radius 3 is 2.54 bits per heavy atom. The molecule has 0 amide bonds. The van der Waals surface area contributed by atoms with Gasteiger partial charge in [-0.2, -0.15) is 0 Å². The summed E-state index contributed by atoms with van der Waals surface area (Å²) in [5, 5.41) is 7.26. The van der Waals surface area contributed by atoms with E-state index in [0.717, 1.165) is 0 Å². The molecule has 0 aromatic carbocycles. The molecule has 0 atom stereocenters. The second kappa shape index (κ2) is 2.25. The molecule has 1 aliphatic carbocycles. The smallest absolute Gasteiger partial charge is 0.252 e. The first-order valence-electron chi connectivity index (χ1n) is 3.95. The van der Waals surface area contributed by atoms with E-state index < -0.39 is 11.5 Å². The van der Waals surface area contributed by atoms with Gasteiger partial charge in [-0.15, -0.1) is 5.10 Å². The third kappa shape index (κ3) is 1.21. The van der Waals surface area contributed by atoms with Crippen molar-refractivity contribution in [3.8, 4) is 0 Å². The largest absolute Gasteiger partial charge is 0.320 e. The van der Waals surface area contributed by atoms with Crippen LogP contribution in [0.25, 0.3) is 0 Å². The van der Waals surface area contributed by atoms with E-state index in [-0.39, 0.29) is 12.8 Å². The Kier molecular flexibility index (Phi) is 1.48. The maximum Gasteiger partial charge on any atom is 0.252 e. The average Bonchev–Trinajstić information content (AvgIpc) is 2.30. The molecule has 1 aromatic heterocycles. The van der Waals surface area contributed by atoms with E-state index in [0.29, 0.717) is 5.69 Å². The van der Waals surface area contributed by atoms with Crippen LogP contribution in [0.15, 0.2) is 6.20 Å². The summed E-state index contributed by atoms with van der Waals surface area (Å²) < 4.78 is 26.7. The fourth-order valence-electron chi connectivity index (χ4n) is 1.79. The second-order valence-electron chi connectivity index (χ2n) is 3.61. The van der Waals surface area contributed by atoms with Crippen LogP contribution in [-0.2, 0) is 12.6 Å². The van der Waals surface area contributed by atoms with Crippen LogP contribution in [-0.4, -0.2) is 20.9 Å². The molecule has 2 N–H and O–H groups in total. The van der Waals surface area contributed by atoms with Crippen molar-refractivity contribution >= 4 is 0 Å². The fourth-order valence-corrected chi connectivity index (χ4v) is 1.79. The summed E-state index contributed by atoms with van der Waals surface area (Å²) >= 11 is 0. The van der Waals surface area contributed by atoms with Crippen molar-refractivity contribution < 1.29 is 8.78 Å². The summed E-state index contributed by atoms with van der Waals surface area (Å²) in [4.78, 5) is 0. The van der Waals surface area contributed by atoms with Gasteiger partial charge in [0.15, 0.2) is 0 Å². The molecule has 0 aliphatic heterocycles. The molecule has 4 nitrogen and oxygen atoms in total. The summed E-state index contributed by atoms with van der Waals surface area (Å²) in [5.74, 6) is -2.63. The van der Waals surface area contributed by atoms with Crippen molar-refractivity contribution in [2.75, 3.05) is 0 Å². The van der Waals surface area contributed by atoms with Gasteiger partial charge >= 0.3 is 0 Å². The molecular formula is C7H10F2N4. The van der Waals surface area contributed by atoms with E-state index in [4.69, 9.17) is 5.73 Å². The highest BCUT2D eigenvalue weighted by Crippen LogP contribution is 2.49. The summed E-state index contributed by atoms with van der Waals surface area (Å²) in [6.07, 6.45) is 0.803. The zero-order chi connectivity index (χ0) is 9.69. The highest BCUT2D eigenvalue weighted by molar-refractivity contribution is 5.19. The zero-order valence-corrected chi connectivity index (χ0v) is 7.17. The Morgan fingerprint density at radius 2 is 2.15 bits per heavy atom. The lowest BCUT2D eigenvalue weighted by molar-refractivity contribution is -0.127. The summed E-state index contributed by atoms with van der Waals surface area (Å²) in [6, 6.07) is 0. The van der Waals surface area contributed by atoms with Crippen molar-refractivity contribution in [3.63, 3.8) is 0 Å². The van der Waals surface area contributed by atoms with E-state index in [1.807, 2.05) is 0 Å². The van der Waals surface area contributed by atoms with Crippen LogP contribution in [0, 0.1) is 0 Å². The van der Waals surface area contributed by atoms with E-state index in [1.165, 1.54) is 10.9 Å². The summed E-state index contributed by atoms with van der Waals surface area (Å²) in [7, 11) is 1.65. The predicted octanol–water partition coefficient (Wildman–Crippen LogP) is 0.398. The van der Waals surface area contributed by atoms with Gasteiger partial charge in [0.25, 0.3) is 5.92 Å². The molecule has 13 heavy (non-hydrogen) atoms. The normalized spacial score (nSPS) is 24.0. The Hall–Kier alpha value is -1.04. The van der Waals surface area contributed by atoms with Crippen molar-refractivity contribution in [2.45, 2.75) is 24.3 Å².